The molecular formula is C19H20FN7O. The van der Waals surface area contributed by atoms with Crippen molar-refractivity contribution in [3.05, 3.63) is 47.6 Å². The maximum atomic E-state index is 14.6. The molecule has 1 saturated heterocycles. The van der Waals surface area contributed by atoms with Gasteiger partial charge in [-0.05, 0) is 25.7 Å². The molecule has 0 aromatic carbocycles. The highest BCUT2D eigenvalue weighted by atomic mass is 19.1. The number of fused-ring (bicyclic) bond motifs is 2. The second-order valence-corrected chi connectivity index (χ2v) is 7.62. The summed E-state index contributed by atoms with van der Waals surface area (Å²) in [5.41, 5.74) is 7.83. The number of nitrogens with two attached hydrogens (primary N) is 1. The topological polar surface area (TPSA) is 101 Å². The lowest BCUT2D eigenvalue weighted by Gasteiger charge is -2.19. The SMILES string of the molecule is Cc1cn2cc(NC(=O)c3cnc(N4CC5C(N)C5C4)cn3)c(F)c(C)c2n1. The average Bonchev–Trinajstić information content (AvgIpc) is 3.06. The first kappa shape index (κ1) is 17.1. The summed E-state index contributed by atoms with van der Waals surface area (Å²) in [4.78, 5) is 27.5. The van der Waals surface area contributed by atoms with Crippen LogP contribution in [0.2, 0.25) is 0 Å². The summed E-state index contributed by atoms with van der Waals surface area (Å²) in [7, 11) is 0. The van der Waals surface area contributed by atoms with Gasteiger partial charge >= 0.3 is 0 Å². The molecule has 144 valence electrons. The van der Waals surface area contributed by atoms with E-state index in [2.05, 4.69) is 25.2 Å². The van der Waals surface area contributed by atoms with Crippen LogP contribution in [0.25, 0.3) is 5.65 Å². The molecule has 2 atom stereocenters. The van der Waals surface area contributed by atoms with Crippen molar-refractivity contribution in [2.24, 2.45) is 17.6 Å². The largest absolute Gasteiger partial charge is 0.355 e. The molecule has 4 heterocycles. The Morgan fingerprint density at radius 3 is 2.64 bits per heavy atom. The van der Waals surface area contributed by atoms with E-state index in [4.69, 9.17) is 5.73 Å². The number of carbonyl (C=O) groups is 1. The lowest BCUT2D eigenvalue weighted by molar-refractivity contribution is 0.102. The van der Waals surface area contributed by atoms with Gasteiger partial charge in [0.25, 0.3) is 5.91 Å². The van der Waals surface area contributed by atoms with Crippen molar-refractivity contribution >= 4 is 23.1 Å². The number of aryl methyl sites for hydroxylation is 2. The zero-order valence-corrected chi connectivity index (χ0v) is 15.6. The number of hydrogen-bond acceptors (Lipinski definition) is 6. The predicted molar refractivity (Wildman–Crippen MR) is 102 cm³/mol. The highest BCUT2D eigenvalue weighted by Crippen LogP contribution is 2.44. The van der Waals surface area contributed by atoms with Crippen LogP contribution in [0.15, 0.2) is 24.8 Å². The minimum atomic E-state index is -0.514. The zero-order valence-electron chi connectivity index (χ0n) is 15.6. The molecule has 2 aliphatic rings. The number of pyridine rings is 1. The van der Waals surface area contributed by atoms with Crippen molar-refractivity contribution in [1.82, 2.24) is 19.4 Å². The number of rotatable bonds is 3. The molecule has 1 saturated carbocycles. The molecule has 28 heavy (non-hydrogen) atoms. The van der Waals surface area contributed by atoms with Gasteiger partial charge in [0.05, 0.1) is 23.8 Å². The van der Waals surface area contributed by atoms with Crippen molar-refractivity contribution in [3.63, 3.8) is 0 Å². The fourth-order valence-corrected chi connectivity index (χ4v) is 4.02. The van der Waals surface area contributed by atoms with Gasteiger partial charge in [-0.15, -0.1) is 0 Å². The van der Waals surface area contributed by atoms with Gasteiger partial charge in [-0.2, -0.15) is 0 Å². The lowest BCUT2D eigenvalue weighted by Crippen LogP contribution is -2.29. The summed E-state index contributed by atoms with van der Waals surface area (Å²) in [6.45, 7) is 5.22. The Morgan fingerprint density at radius 2 is 1.96 bits per heavy atom. The van der Waals surface area contributed by atoms with E-state index < -0.39 is 11.7 Å². The van der Waals surface area contributed by atoms with Crippen LogP contribution in [0.4, 0.5) is 15.9 Å². The Hall–Kier alpha value is -3.07. The molecule has 3 N–H and O–H groups in total. The van der Waals surface area contributed by atoms with E-state index >= 15 is 0 Å². The predicted octanol–water partition coefficient (Wildman–Crippen LogP) is 1.53. The molecular weight excluding hydrogens is 361 g/mol. The Labute approximate surface area is 160 Å². The molecule has 3 aromatic rings. The number of imidazole rings is 1. The quantitative estimate of drug-likeness (QED) is 0.713. The molecule has 5 rings (SSSR count). The number of amides is 1. The standard InChI is InChI=1S/C19H20FN7O/c1-9-5-27-8-14(16(20)10(2)18(27)24-9)25-19(28)13-3-23-15(4-22-13)26-6-11-12(7-26)17(11)21/h3-5,8,11-12,17H,6-7,21H2,1-2H3,(H,25,28). The van der Waals surface area contributed by atoms with Gasteiger partial charge in [0.1, 0.15) is 17.2 Å². The van der Waals surface area contributed by atoms with Crippen molar-refractivity contribution in [3.8, 4) is 0 Å². The molecule has 0 radical (unpaired) electrons. The van der Waals surface area contributed by atoms with Gasteiger partial charge in [0, 0.05) is 37.1 Å². The van der Waals surface area contributed by atoms with Gasteiger partial charge in [0.15, 0.2) is 5.82 Å². The summed E-state index contributed by atoms with van der Waals surface area (Å²) in [6, 6.07) is 0.309. The van der Waals surface area contributed by atoms with Gasteiger partial charge in [-0.1, -0.05) is 0 Å². The number of anilines is 2. The molecule has 1 aliphatic carbocycles. The van der Waals surface area contributed by atoms with Crippen LogP contribution in [-0.4, -0.2) is 44.4 Å². The molecule has 0 spiro atoms. The zero-order chi connectivity index (χ0) is 19.6. The summed E-state index contributed by atoms with van der Waals surface area (Å²) < 4.78 is 16.3. The van der Waals surface area contributed by atoms with Crippen LogP contribution in [0.3, 0.4) is 0 Å². The normalized spacial score (nSPS) is 23.1. The molecule has 1 aliphatic heterocycles. The summed E-state index contributed by atoms with van der Waals surface area (Å²) in [6.07, 6.45) is 6.28. The van der Waals surface area contributed by atoms with Crippen LogP contribution < -0.4 is 16.0 Å². The van der Waals surface area contributed by atoms with Gasteiger partial charge in [-0.3, -0.25) is 4.79 Å². The second-order valence-electron chi connectivity index (χ2n) is 7.62. The third-order valence-corrected chi connectivity index (χ3v) is 5.73. The van der Waals surface area contributed by atoms with Crippen molar-refractivity contribution < 1.29 is 9.18 Å². The Morgan fingerprint density at radius 1 is 1.21 bits per heavy atom. The highest BCUT2D eigenvalue weighted by molar-refractivity contribution is 6.02. The average molecular weight is 381 g/mol. The van der Waals surface area contributed by atoms with Crippen LogP contribution in [0, 0.1) is 31.5 Å². The third kappa shape index (κ3) is 2.62. The minimum absolute atomic E-state index is 0.0758. The van der Waals surface area contributed by atoms with Crippen molar-refractivity contribution in [2.45, 2.75) is 19.9 Å². The van der Waals surface area contributed by atoms with E-state index in [1.54, 1.807) is 23.7 Å². The fourth-order valence-electron chi connectivity index (χ4n) is 4.02. The molecule has 2 fully saturated rings. The van der Waals surface area contributed by atoms with E-state index in [-0.39, 0.29) is 11.4 Å². The molecule has 1 amide bonds. The second kappa shape index (κ2) is 5.96. The molecule has 0 bridgehead atoms. The Kier molecular flexibility index (Phi) is 3.63. The van der Waals surface area contributed by atoms with Crippen LogP contribution in [-0.2, 0) is 0 Å². The van der Waals surface area contributed by atoms with E-state index in [0.29, 0.717) is 29.1 Å². The highest BCUT2D eigenvalue weighted by Gasteiger charge is 2.53. The van der Waals surface area contributed by atoms with Gasteiger partial charge < -0.3 is 20.4 Å². The van der Waals surface area contributed by atoms with Crippen molar-refractivity contribution in [2.75, 3.05) is 23.3 Å². The molecule has 3 aromatic heterocycles. The summed E-state index contributed by atoms with van der Waals surface area (Å²) >= 11 is 0. The first-order chi connectivity index (χ1) is 13.4. The number of halogens is 1. The maximum Gasteiger partial charge on any atom is 0.275 e. The number of nitrogens with zero attached hydrogens (tertiary/aromatic N) is 5. The van der Waals surface area contributed by atoms with Crippen molar-refractivity contribution in [1.29, 1.82) is 0 Å². The number of carbonyl (C=O) groups excluding carboxylic acids is 1. The first-order valence-electron chi connectivity index (χ1n) is 9.20. The number of nitrogens with one attached hydrogen (secondary N) is 1. The monoisotopic (exact) mass is 381 g/mol. The summed E-state index contributed by atoms with van der Waals surface area (Å²) in [5.74, 6) is 0.784. The van der Waals surface area contributed by atoms with Gasteiger partial charge in [0.2, 0.25) is 0 Å². The van der Waals surface area contributed by atoms with E-state index in [1.807, 2.05) is 6.92 Å². The van der Waals surface area contributed by atoms with E-state index in [9.17, 15) is 9.18 Å². The third-order valence-electron chi connectivity index (χ3n) is 5.73. The first-order valence-corrected chi connectivity index (χ1v) is 9.20. The molecule has 9 heteroatoms. The number of piperidine rings is 1. The van der Waals surface area contributed by atoms with E-state index in [0.717, 1.165) is 24.6 Å². The lowest BCUT2D eigenvalue weighted by atomic mass is 10.2. The molecule has 2 unspecified atom stereocenters. The molecule has 8 nitrogen and oxygen atoms in total. The smallest absolute Gasteiger partial charge is 0.275 e. The summed E-state index contributed by atoms with van der Waals surface area (Å²) in [5, 5.41) is 2.58. The van der Waals surface area contributed by atoms with Crippen LogP contribution in [0.1, 0.15) is 21.7 Å². The van der Waals surface area contributed by atoms with Crippen LogP contribution in [0.5, 0.6) is 0 Å². The number of hydrogen-bond donors (Lipinski definition) is 2. The number of aromatic nitrogens is 4. The Bertz CT molecular complexity index is 1080. The Balaban J connectivity index is 1.34. The fraction of sp³-hybridized carbons (Fsp3) is 0.368. The van der Waals surface area contributed by atoms with Crippen LogP contribution >= 0.6 is 0 Å². The maximum absolute atomic E-state index is 14.6. The van der Waals surface area contributed by atoms with E-state index in [1.165, 1.54) is 12.4 Å². The van der Waals surface area contributed by atoms with Gasteiger partial charge in [-0.25, -0.2) is 19.3 Å². The minimum Gasteiger partial charge on any atom is -0.355 e.